The molecule has 1 fully saturated rings. The summed E-state index contributed by atoms with van der Waals surface area (Å²) in [4.78, 5) is 4.60. The van der Waals surface area contributed by atoms with E-state index in [1.807, 2.05) is 0 Å². The van der Waals surface area contributed by atoms with E-state index >= 15 is 0 Å². The number of rotatable bonds is 3. The average molecular weight is 263 g/mol. The Bertz CT molecular complexity index is 596. The Morgan fingerprint density at radius 3 is 3.05 bits per heavy atom. The minimum Gasteiger partial charge on any atom is -0.380 e. The molecule has 4 nitrogen and oxygen atoms in total. The summed E-state index contributed by atoms with van der Waals surface area (Å²) in [5, 5.41) is 3.42. The molecule has 0 radical (unpaired) electrons. The van der Waals surface area contributed by atoms with E-state index < -0.39 is 0 Å². The first kappa shape index (κ1) is 12.6. The molecule has 3 rings (SSSR count). The summed E-state index contributed by atoms with van der Waals surface area (Å²) in [5.74, 6) is 0.733. The van der Waals surface area contributed by atoms with Crippen LogP contribution in [0.25, 0.3) is 11.0 Å². The maximum absolute atomic E-state index is 13.3. The van der Waals surface area contributed by atoms with Crippen molar-refractivity contribution in [3.8, 4) is 0 Å². The van der Waals surface area contributed by atoms with E-state index in [4.69, 9.17) is 4.74 Å². The number of fused-ring (bicyclic) bond motifs is 1. The molecule has 102 valence electrons. The molecule has 1 N–H and O–H groups in total. The van der Waals surface area contributed by atoms with Crippen LogP contribution in [0.4, 0.5) is 4.39 Å². The minimum atomic E-state index is -0.242. The molecule has 5 heteroatoms. The van der Waals surface area contributed by atoms with Gasteiger partial charge >= 0.3 is 0 Å². The van der Waals surface area contributed by atoms with Crippen molar-refractivity contribution in [2.45, 2.75) is 32.0 Å². The van der Waals surface area contributed by atoms with Crippen LogP contribution in [-0.4, -0.2) is 29.3 Å². The highest BCUT2D eigenvalue weighted by molar-refractivity contribution is 5.76. The standard InChI is InChI=1S/C14H18FN3O/c1-3-18-13-5-4-9(15)6-11(13)17-14(18)12-7-10(19-2)8-16-12/h4-6,10,12,16H,3,7-8H2,1-2H3. The van der Waals surface area contributed by atoms with Gasteiger partial charge in [-0.1, -0.05) is 0 Å². The smallest absolute Gasteiger partial charge is 0.127 e. The lowest BCUT2D eigenvalue weighted by Gasteiger charge is -2.12. The topological polar surface area (TPSA) is 39.1 Å². The molecular weight excluding hydrogens is 245 g/mol. The van der Waals surface area contributed by atoms with Gasteiger partial charge in [-0.25, -0.2) is 9.37 Å². The number of methoxy groups -OCH3 is 1. The Hall–Kier alpha value is -1.46. The molecule has 2 unspecified atom stereocenters. The first-order valence-electron chi connectivity index (χ1n) is 6.64. The summed E-state index contributed by atoms with van der Waals surface area (Å²) in [7, 11) is 1.73. The maximum Gasteiger partial charge on any atom is 0.127 e. The van der Waals surface area contributed by atoms with E-state index in [2.05, 4.69) is 21.8 Å². The van der Waals surface area contributed by atoms with Crippen LogP contribution < -0.4 is 5.32 Å². The third-order valence-corrected chi connectivity index (χ3v) is 3.79. The highest BCUT2D eigenvalue weighted by Crippen LogP contribution is 2.27. The Labute approximate surface area is 111 Å². The van der Waals surface area contributed by atoms with E-state index in [9.17, 15) is 4.39 Å². The summed E-state index contributed by atoms with van der Waals surface area (Å²) in [6.45, 7) is 3.74. The van der Waals surface area contributed by atoms with E-state index in [1.165, 1.54) is 12.1 Å². The largest absolute Gasteiger partial charge is 0.380 e. The zero-order chi connectivity index (χ0) is 13.4. The molecule has 1 aromatic carbocycles. The highest BCUT2D eigenvalue weighted by Gasteiger charge is 2.29. The molecule has 19 heavy (non-hydrogen) atoms. The Morgan fingerprint density at radius 1 is 1.53 bits per heavy atom. The number of halogens is 1. The van der Waals surface area contributed by atoms with Crippen LogP contribution in [0.5, 0.6) is 0 Å². The molecule has 2 aromatic rings. The summed E-state index contributed by atoms with van der Waals surface area (Å²) in [5.41, 5.74) is 1.71. The van der Waals surface area contributed by atoms with Crippen molar-refractivity contribution < 1.29 is 9.13 Å². The normalized spacial score (nSPS) is 23.3. The third kappa shape index (κ3) is 2.13. The first-order chi connectivity index (χ1) is 9.22. The molecule has 1 aromatic heterocycles. The fourth-order valence-electron chi connectivity index (χ4n) is 2.80. The zero-order valence-electron chi connectivity index (χ0n) is 11.2. The van der Waals surface area contributed by atoms with Crippen LogP contribution >= 0.6 is 0 Å². The van der Waals surface area contributed by atoms with Crippen LogP contribution in [0.2, 0.25) is 0 Å². The van der Waals surface area contributed by atoms with Gasteiger partial charge in [-0.2, -0.15) is 0 Å². The highest BCUT2D eigenvalue weighted by atomic mass is 19.1. The molecule has 1 saturated heterocycles. The average Bonchev–Trinajstić information content (AvgIpc) is 3.01. The fraction of sp³-hybridized carbons (Fsp3) is 0.500. The van der Waals surface area contributed by atoms with Gasteiger partial charge in [0.25, 0.3) is 0 Å². The van der Waals surface area contributed by atoms with Gasteiger partial charge in [0.05, 0.1) is 23.2 Å². The first-order valence-corrected chi connectivity index (χ1v) is 6.64. The van der Waals surface area contributed by atoms with Crippen LogP contribution in [0, 0.1) is 5.82 Å². The third-order valence-electron chi connectivity index (χ3n) is 3.79. The van der Waals surface area contributed by atoms with Gasteiger partial charge in [0.2, 0.25) is 0 Å². The lowest BCUT2D eigenvalue weighted by molar-refractivity contribution is 0.117. The summed E-state index contributed by atoms with van der Waals surface area (Å²) >= 11 is 0. The van der Waals surface area contributed by atoms with Crippen molar-refractivity contribution in [2.24, 2.45) is 0 Å². The van der Waals surface area contributed by atoms with Crippen molar-refractivity contribution in [1.29, 1.82) is 0 Å². The second-order valence-corrected chi connectivity index (χ2v) is 4.90. The zero-order valence-corrected chi connectivity index (χ0v) is 11.2. The molecule has 0 saturated carbocycles. The number of benzene rings is 1. The lowest BCUT2D eigenvalue weighted by atomic mass is 10.2. The summed E-state index contributed by atoms with van der Waals surface area (Å²) < 4.78 is 20.8. The monoisotopic (exact) mass is 263 g/mol. The number of aromatic nitrogens is 2. The summed E-state index contributed by atoms with van der Waals surface area (Å²) in [6.07, 6.45) is 1.13. The molecule has 2 heterocycles. The second-order valence-electron chi connectivity index (χ2n) is 4.90. The van der Waals surface area contributed by atoms with Crippen molar-refractivity contribution in [3.05, 3.63) is 29.8 Å². The number of hydrogen-bond acceptors (Lipinski definition) is 3. The Balaban J connectivity index is 2.03. The Kier molecular flexibility index (Phi) is 3.24. The number of nitrogens with one attached hydrogen (secondary N) is 1. The van der Waals surface area contributed by atoms with E-state index in [1.54, 1.807) is 13.2 Å². The van der Waals surface area contributed by atoms with Crippen LogP contribution in [0.3, 0.4) is 0 Å². The van der Waals surface area contributed by atoms with Crippen LogP contribution in [0.1, 0.15) is 25.2 Å². The predicted molar refractivity (Wildman–Crippen MR) is 71.5 cm³/mol. The number of ether oxygens (including phenoxy) is 1. The van der Waals surface area contributed by atoms with Gasteiger partial charge in [-0.05, 0) is 25.5 Å². The number of aryl methyl sites for hydroxylation is 1. The van der Waals surface area contributed by atoms with E-state index in [0.717, 1.165) is 36.4 Å². The van der Waals surface area contributed by atoms with Gasteiger partial charge in [-0.15, -0.1) is 0 Å². The second kappa shape index (κ2) is 4.90. The van der Waals surface area contributed by atoms with Gasteiger partial charge in [0.1, 0.15) is 11.6 Å². The van der Waals surface area contributed by atoms with Crippen LogP contribution in [0.15, 0.2) is 18.2 Å². The van der Waals surface area contributed by atoms with Crippen molar-refractivity contribution in [3.63, 3.8) is 0 Å². The molecule has 2 atom stereocenters. The SMILES string of the molecule is CCn1c(C2CC(OC)CN2)nc2cc(F)ccc21. The molecule has 0 bridgehead atoms. The minimum absolute atomic E-state index is 0.181. The van der Waals surface area contributed by atoms with Crippen molar-refractivity contribution in [1.82, 2.24) is 14.9 Å². The predicted octanol–water partition coefficient (Wildman–Crippen LogP) is 2.24. The molecule has 0 amide bonds. The van der Waals surface area contributed by atoms with Gasteiger partial charge < -0.3 is 14.6 Å². The lowest BCUT2D eigenvalue weighted by Crippen LogP contribution is -2.18. The van der Waals surface area contributed by atoms with E-state index in [-0.39, 0.29) is 18.0 Å². The van der Waals surface area contributed by atoms with Crippen molar-refractivity contribution in [2.75, 3.05) is 13.7 Å². The maximum atomic E-state index is 13.3. The number of nitrogens with zero attached hydrogens (tertiary/aromatic N) is 2. The molecule has 0 aliphatic carbocycles. The molecule has 0 spiro atoms. The summed E-state index contributed by atoms with van der Waals surface area (Å²) in [6, 6.07) is 4.96. The molecule has 1 aliphatic heterocycles. The molecular formula is C14H18FN3O. The van der Waals surface area contributed by atoms with E-state index in [0.29, 0.717) is 0 Å². The van der Waals surface area contributed by atoms with Gasteiger partial charge in [0.15, 0.2) is 0 Å². The number of hydrogen-bond donors (Lipinski definition) is 1. The molecule has 1 aliphatic rings. The Morgan fingerprint density at radius 2 is 2.37 bits per heavy atom. The fourth-order valence-corrected chi connectivity index (χ4v) is 2.80. The van der Waals surface area contributed by atoms with Crippen molar-refractivity contribution >= 4 is 11.0 Å². The number of imidazole rings is 1. The van der Waals surface area contributed by atoms with Crippen LogP contribution in [-0.2, 0) is 11.3 Å². The quantitative estimate of drug-likeness (QED) is 0.923. The van der Waals surface area contributed by atoms with Gasteiger partial charge in [0, 0.05) is 26.3 Å². The van der Waals surface area contributed by atoms with Gasteiger partial charge in [-0.3, -0.25) is 0 Å².